The highest BCUT2D eigenvalue weighted by atomic mass is 32.1. The van der Waals surface area contributed by atoms with Gasteiger partial charge in [0.1, 0.15) is 5.75 Å². The molecule has 128 valence electrons. The van der Waals surface area contributed by atoms with Crippen LogP contribution in [0.25, 0.3) is 0 Å². The van der Waals surface area contributed by atoms with Gasteiger partial charge in [-0.3, -0.25) is 4.79 Å². The van der Waals surface area contributed by atoms with E-state index in [1.807, 2.05) is 38.1 Å². The Bertz CT molecular complexity index is 842. The van der Waals surface area contributed by atoms with Crippen LogP contribution in [0, 0.1) is 6.92 Å². The average molecular weight is 353 g/mol. The van der Waals surface area contributed by atoms with Crippen LogP contribution in [0.3, 0.4) is 0 Å². The van der Waals surface area contributed by atoms with Crippen LogP contribution in [0.5, 0.6) is 5.75 Å². The standard InChI is InChI=1S/C19H19N3O2S/c1-11-3-7-14(8-4-11)21-18(24)16-12(2)20-19(25)22-17(16)13-5-9-15(23)10-6-13/h3-10,17,23H,1-2H3,(H,21,24)(H2,20,22,25). The summed E-state index contributed by atoms with van der Waals surface area (Å²) in [6.45, 7) is 3.82. The molecule has 1 unspecified atom stereocenters. The van der Waals surface area contributed by atoms with E-state index < -0.39 is 0 Å². The Hall–Kier alpha value is -2.86. The second-order valence-corrected chi connectivity index (χ2v) is 6.39. The van der Waals surface area contributed by atoms with E-state index in [1.54, 1.807) is 24.3 Å². The van der Waals surface area contributed by atoms with E-state index >= 15 is 0 Å². The number of anilines is 1. The van der Waals surface area contributed by atoms with E-state index in [9.17, 15) is 9.90 Å². The Morgan fingerprint density at radius 2 is 1.72 bits per heavy atom. The van der Waals surface area contributed by atoms with Crippen molar-refractivity contribution < 1.29 is 9.90 Å². The summed E-state index contributed by atoms with van der Waals surface area (Å²) in [6, 6.07) is 14.0. The predicted molar refractivity (Wildman–Crippen MR) is 102 cm³/mol. The summed E-state index contributed by atoms with van der Waals surface area (Å²) in [5, 5.41) is 19.0. The first-order valence-corrected chi connectivity index (χ1v) is 8.30. The Balaban J connectivity index is 1.92. The molecule has 2 aromatic carbocycles. The fourth-order valence-corrected chi connectivity index (χ4v) is 3.02. The second kappa shape index (κ2) is 6.94. The first kappa shape index (κ1) is 17.0. The molecule has 5 nitrogen and oxygen atoms in total. The van der Waals surface area contributed by atoms with Crippen LogP contribution in [0.2, 0.25) is 0 Å². The third-order valence-corrected chi connectivity index (χ3v) is 4.27. The van der Waals surface area contributed by atoms with Crippen LogP contribution in [-0.4, -0.2) is 16.1 Å². The van der Waals surface area contributed by atoms with Gasteiger partial charge in [0.2, 0.25) is 0 Å². The number of aryl methyl sites for hydroxylation is 1. The maximum absolute atomic E-state index is 12.9. The first-order valence-electron chi connectivity index (χ1n) is 7.89. The molecule has 0 radical (unpaired) electrons. The molecule has 1 atom stereocenters. The zero-order chi connectivity index (χ0) is 18.0. The highest BCUT2D eigenvalue weighted by Crippen LogP contribution is 2.28. The molecule has 0 saturated heterocycles. The van der Waals surface area contributed by atoms with Crippen LogP contribution in [0.1, 0.15) is 24.1 Å². The Kier molecular flexibility index (Phi) is 4.72. The zero-order valence-corrected chi connectivity index (χ0v) is 14.8. The molecule has 1 amide bonds. The van der Waals surface area contributed by atoms with Crippen molar-refractivity contribution >= 4 is 28.9 Å². The van der Waals surface area contributed by atoms with Gasteiger partial charge < -0.3 is 21.1 Å². The number of hydrogen-bond donors (Lipinski definition) is 4. The number of aromatic hydroxyl groups is 1. The topological polar surface area (TPSA) is 73.4 Å². The summed E-state index contributed by atoms with van der Waals surface area (Å²) in [7, 11) is 0. The summed E-state index contributed by atoms with van der Waals surface area (Å²) in [4.78, 5) is 12.9. The van der Waals surface area contributed by atoms with E-state index in [2.05, 4.69) is 16.0 Å². The Morgan fingerprint density at radius 3 is 2.36 bits per heavy atom. The lowest BCUT2D eigenvalue weighted by molar-refractivity contribution is -0.113. The molecule has 2 aromatic rings. The van der Waals surface area contributed by atoms with Crippen LogP contribution in [0.4, 0.5) is 5.69 Å². The third-order valence-electron chi connectivity index (χ3n) is 4.05. The minimum atomic E-state index is -0.389. The van der Waals surface area contributed by atoms with Crippen molar-refractivity contribution in [2.24, 2.45) is 0 Å². The average Bonchev–Trinajstić information content (AvgIpc) is 2.57. The molecule has 0 fully saturated rings. The van der Waals surface area contributed by atoms with Gasteiger partial charge in [-0.25, -0.2) is 0 Å². The number of hydrogen-bond acceptors (Lipinski definition) is 3. The maximum Gasteiger partial charge on any atom is 0.255 e. The van der Waals surface area contributed by atoms with E-state index in [4.69, 9.17) is 12.2 Å². The summed E-state index contributed by atoms with van der Waals surface area (Å²) in [6.07, 6.45) is 0. The van der Waals surface area contributed by atoms with Crippen LogP contribution in [-0.2, 0) is 4.79 Å². The van der Waals surface area contributed by atoms with Gasteiger partial charge in [0.15, 0.2) is 5.11 Å². The van der Waals surface area contributed by atoms with Crippen molar-refractivity contribution in [3.63, 3.8) is 0 Å². The number of amides is 1. The number of carbonyl (C=O) groups excluding carboxylic acids is 1. The number of allylic oxidation sites excluding steroid dienone is 1. The van der Waals surface area contributed by atoms with Gasteiger partial charge in [-0.1, -0.05) is 29.8 Å². The molecular formula is C19H19N3O2S. The molecule has 25 heavy (non-hydrogen) atoms. The number of benzene rings is 2. The monoisotopic (exact) mass is 353 g/mol. The van der Waals surface area contributed by atoms with E-state index in [-0.39, 0.29) is 17.7 Å². The minimum Gasteiger partial charge on any atom is -0.508 e. The molecule has 6 heteroatoms. The van der Waals surface area contributed by atoms with E-state index in [0.29, 0.717) is 16.4 Å². The van der Waals surface area contributed by atoms with Gasteiger partial charge in [-0.2, -0.15) is 0 Å². The lowest BCUT2D eigenvalue weighted by Gasteiger charge is -2.30. The molecular weight excluding hydrogens is 334 g/mol. The molecule has 3 rings (SSSR count). The largest absolute Gasteiger partial charge is 0.508 e. The van der Waals surface area contributed by atoms with Crippen molar-refractivity contribution in [2.45, 2.75) is 19.9 Å². The predicted octanol–water partition coefficient (Wildman–Crippen LogP) is 3.13. The minimum absolute atomic E-state index is 0.173. The first-order chi connectivity index (χ1) is 11.9. The SMILES string of the molecule is CC1=C(C(=O)Nc2ccc(C)cc2)C(c2ccc(O)cc2)NC(=S)N1. The van der Waals surface area contributed by atoms with Gasteiger partial charge in [-0.05, 0) is 55.9 Å². The lowest BCUT2D eigenvalue weighted by Crippen LogP contribution is -2.45. The second-order valence-electron chi connectivity index (χ2n) is 5.98. The molecule has 0 bridgehead atoms. The summed E-state index contributed by atoms with van der Waals surface area (Å²) < 4.78 is 0. The molecule has 0 aliphatic carbocycles. The summed E-state index contributed by atoms with van der Waals surface area (Å²) in [5.41, 5.74) is 3.96. The fraction of sp³-hybridized carbons (Fsp3) is 0.158. The van der Waals surface area contributed by atoms with Crippen LogP contribution >= 0.6 is 12.2 Å². The number of carbonyl (C=O) groups is 1. The quantitative estimate of drug-likeness (QED) is 0.638. The van der Waals surface area contributed by atoms with E-state index in [1.165, 1.54) is 0 Å². The normalized spacial score (nSPS) is 16.9. The van der Waals surface area contributed by atoms with Gasteiger partial charge in [0.25, 0.3) is 5.91 Å². The van der Waals surface area contributed by atoms with Gasteiger partial charge >= 0.3 is 0 Å². The number of phenolic OH excluding ortho intramolecular Hbond substituents is 1. The third kappa shape index (κ3) is 3.80. The summed E-state index contributed by atoms with van der Waals surface area (Å²) >= 11 is 5.23. The lowest BCUT2D eigenvalue weighted by atomic mass is 9.95. The number of rotatable bonds is 3. The Labute approximate surface area is 151 Å². The maximum atomic E-state index is 12.9. The highest BCUT2D eigenvalue weighted by molar-refractivity contribution is 7.80. The van der Waals surface area contributed by atoms with Crippen molar-refractivity contribution in [3.05, 3.63) is 70.9 Å². The van der Waals surface area contributed by atoms with Gasteiger partial charge in [0.05, 0.1) is 11.6 Å². The molecule has 1 aliphatic rings. The molecule has 0 spiro atoms. The molecule has 1 heterocycles. The van der Waals surface area contributed by atoms with E-state index in [0.717, 1.165) is 16.8 Å². The molecule has 4 N–H and O–H groups in total. The van der Waals surface area contributed by atoms with Gasteiger partial charge in [0, 0.05) is 11.4 Å². The Morgan fingerprint density at radius 1 is 1.08 bits per heavy atom. The molecule has 1 aliphatic heterocycles. The zero-order valence-electron chi connectivity index (χ0n) is 14.0. The number of phenols is 1. The van der Waals surface area contributed by atoms with Crippen LogP contribution in [0.15, 0.2) is 59.8 Å². The highest BCUT2D eigenvalue weighted by Gasteiger charge is 2.29. The molecule has 0 saturated carbocycles. The van der Waals surface area contributed by atoms with Crippen molar-refractivity contribution in [3.8, 4) is 5.75 Å². The van der Waals surface area contributed by atoms with Crippen molar-refractivity contribution in [1.82, 2.24) is 10.6 Å². The van der Waals surface area contributed by atoms with Gasteiger partial charge in [-0.15, -0.1) is 0 Å². The van der Waals surface area contributed by atoms with Crippen LogP contribution < -0.4 is 16.0 Å². The number of nitrogens with one attached hydrogen (secondary N) is 3. The van der Waals surface area contributed by atoms with Crippen molar-refractivity contribution in [2.75, 3.05) is 5.32 Å². The smallest absolute Gasteiger partial charge is 0.255 e. The summed E-state index contributed by atoms with van der Waals surface area (Å²) in [5.74, 6) is -0.0338. The number of thiocarbonyl (C=S) groups is 1. The van der Waals surface area contributed by atoms with Crippen molar-refractivity contribution in [1.29, 1.82) is 0 Å². The molecule has 0 aromatic heterocycles. The fourth-order valence-electron chi connectivity index (χ4n) is 2.75.